The average molecular weight is 422 g/mol. The fraction of sp³-hybridized carbons (Fsp3) is 0.500. The quantitative estimate of drug-likeness (QED) is 0.723. The van der Waals surface area contributed by atoms with E-state index in [0.717, 1.165) is 43.0 Å². The summed E-state index contributed by atoms with van der Waals surface area (Å²) in [5.41, 5.74) is 3.25. The minimum absolute atomic E-state index is 0.170. The molecule has 1 N–H and O–H groups in total. The maximum Gasteiger partial charge on any atom is 0.255 e. The topological polar surface area (TPSA) is 100 Å². The van der Waals surface area contributed by atoms with Crippen LogP contribution in [0.15, 0.2) is 24.4 Å². The standard InChI is InChI=1S/C22H26N6O3/c29-20-7-6-19(21(30)23-20)27-13-15-12-17(4-5-18(15)22(27)31)28-14-16(24-25-28)8-11-26-9-2-1-3-10-26/h4-5,12,14,19H,1-3,6-11,13H2,(H,23,29,30). The van der Waals surface area contributed by atoms with E-state index in [2.05, 4.69) is 20.5 Å². The van der Waals surface area contributed by atoms with Crippen LogP contribution >= 0.6 is 0 Å². The zero-order valence-corrected chi connectivity index (χ0v) is 17.4. The number of rotatable bonds is 5. The minimum atomic E-state index is -0.603. The fourth-order valence-electron chi connectivity index (χ4n) is 4.70. The van der Waals surface area contributed by atoms with Crippen molar-refractivity contribution in [1.29, 1.82) is 0 Å². The Bertz CT molecular complexity index is 1030. The van der Waals surface area contributed by atoms with Crippen molar-refractivity contribution in [2.75, 3.05) is 19.6 Å². The van der Waals surface area contributed by atoms with Gasteiger partial charge in [0.25, 0.3) is 5.91 Å². The molecule has 3 aliphatic heterocycles. The molecular formula is C22H26N6O3. The van der Waals surface area contributed by atoms with Gasteiger partial charge in [-0.3, -0.25) is 19.7 Å². The SMILES string of the molecule is O=C1CCC(N2Cc3cc(-n4cc(CCN5CCCCC5)nn4)ccc3C2=O)C(=O)N1. The van der Waals surface area contributed by atoms with E-state index in [0.29, 0.717) is 18.5 Å². The summed E-state index contributed by atoms with van der Waals surface area (Å²) in [5, 5.41) is 10.9. The van der Waals surface area contributed by atoms with E-state index >= 15 is 0 Å². The second-order valence-electron chi connectivity index (χ2n) is 8.55. The highest BCUT2D eigenvalue weighted by Crippen LogP contribution is 2.29. The lowest BCUT2D eigenvalue weighted by atomic mass is 10.0. The van der Waals surface area contributed by atoms with E-state index in [4.69, 9.17) is 0 Å². The van der Waals surface area contributed by atoms with Crippen molar-refractivity contribution in [3.05, 3.63) is 41.2 Å². The second-order valence-corrected chi connectivity index (χ2v) is 8.55. The molecule has 0 bridgehead atoms. The predicted octanol–water partition coefficient (Wildman–Crippen LogP) is 1.06. The number of hydrogen-bond donors (Lipinski definition) is 1. The van der Waals surface area contributed by atoms with Gasteiger partial charge in [0.1, 0.15) is 6.04 Å². The number of imide groups is 1. The van der Waals surface area contributed by atoms with E-state index in [-0.39, 0.29) is 18.2 Å². The van der Waals surface area contributed by atoms with Gasteiger partial charge in [0.15, 0.2) is 0 Å². The molecule has 4 heterocycles. The molecule has 3 amide bonds. The van der Waals surface area contributed by atoms with Crippen LogP contribution in [0.2, 0.25) is 0 Å². The molecule has 1 unspecified atom stereocenters. The molecule has 1 atom stereocenters. The largest absolute Gasteiger partial charge is 0.322 e. The van der Waals surface area contributed by atoms with Crippen LogP contribution in [0.25, 0.3) is 5.69 Å². The van der Waals surface area contributed by atoms with Gasteiger partial charge in [0.05, 0.1) is 17.6 Å². The molecule has 0 saturated carbocycles. The second kappa shape index (κ2) is 8.22. The van der Waals surface area contributed by atoms with E-state index in [1.807, 2.05) is 18.3 Å². The Hall–Kier alpha value is -3.07. The minimum Gasteiger partial charge on any atom is -0.322 e. The van der Waals surface area contributed by atoms with Crippen molar-refractivity contribution in [1.82, 2.24) is 30.1 Å². The Morgan fingerprint density at radius 2 is 1.94 bits per heavy atom. The Labute approximate surface area is 180 Å². The number of nitrogens with zero attached hydrogens (tertiary/aromatic N) is 5. The number of benzene rings is 1. The number of likely N-dealkylation sites (tertiary alicyclic amines) is 1. The third kappa shape index (κ3) is 3.97. The molecule has 2 fully saturated rings. The third-order valence-corrected chi connectivity index (χ3v) is 6.45. The van der Waals surface area contributed by atoms with E-state index in [1.54, 1.807) is 15.6 Å². The first-order valence-corrected chi connectivity index (χ1v) is 11.0. The molecule has 3 aliphatic rings. The molecule has 5 rings (SSSR count). The first-order chi connectivity index (χ1) is 15.1. The molecule has 1 aromatic heterocycles. The van der Waals surface area contributed by atoms with Gasteiger partial charge in [-0.1, -0.05) is 11.6 Å². The Kier molecular flexibility index (Phi) is 5.27. The van der Waals surface area contributed by atoms with Crippen LogP contribution < -0.4 is 5.32 Å². The molecule has 0 aliphatic carbocycles. The lowest BCUT2D eigenvalue weighted by Crippen LogP contribution is -2.52. The van der Waals surface area contributed by atoms with Crippen molar-refractivity contribution in [3.63, 3.8) is 0 Å². The molecule has 0 spiro atoms. The molecule has 1 aromatic carbocycles. The number of carbonyl (C=O) groups is 3. The fourth-order valence-corrected chi connectivity index (χ4v) is 4.70. The summed E-state index contributed by atoms with van der Waals surface area (Å²) in [4.78, 5) is 40.5. The maximum atomic E-state index is 12.8. The van der Waals surface area contributed by atoms with Gasteiger partial charge in [0, 0.05) is 31.5 Å². The number of hydrogen-bond acceptors (Lipinski definition) is 6. The van der Waals surface area contributed by atoms with Crippen LogP contribution in [-0.2, 0) is 22.6 Å². The Balaban J connectivity index is 1.27. The van der Waals surface area contributed by atoms with Crippen LogP contribution in [-0.4, -0.2) is 68.2 Å². The van der Waals surface area contributed by atoms with Crippen molar-refractivity contribution in [2.45, 2.75) is 51.1 Å². The summed E-state index contributed by atoms with van der Waals surface area (Å²) in [6.45, 7) is 3.68. The number of amides is 3. The van der Waals surface area contributed by atoms with E-state index in [1.165, 1.54) is 19.3 Å². The third-order valence-electron chi connectivity index (χ3n) is 6.45. The van der Waals surface area contributed by atoms with Crippen LogP contribution in [0.3, 0.4) is 0 Å². The molecule has 9 heteroatoms. The number of fused-ring (bicyclic) bond motifs is 1. The number of aromatic nitrogens is 3. The van der Waals surface area contributed by atoms with Gasteiger partial charge in [-0.25, -0.2) is 4.68 Å². The van der Waals surface area contributed by atoms with Crippen LogP contribution in [0.4, 0.5) is 0 Å². The van der Waals surface area contributed by atoms with Gasteiger partial charge in [-0.05, 0) is 56.1 Å². The molecule has 162 valence electrons. The van der Waals surface area contributed by atoms with Gasteiger partial charge in [-0.15, -0.1) is 5.10 Å². The van der Waals surface area contributed by atoms with Crippen LogP contribution in [0, 0.1) is 0 Å². The average Bonchev–Trinajstić information content (AvgIpc) is 3.38. The highest BCUT2D eigenvalue weighted by molar-refractivity contribution is 6.05. The number of piperidine rings is 2. The molecule has 2 saturated heterocycles. The highest BCUT2D eigenvalue weighted by atomic mass is 16.2. The van der Waals surface area contributed by atoms with Crippen LogP contribution in [0.1, 0.15) is 53.7 Å². The first kappa shape index (κ1) is 19.9. The number of carbonyl (C=O) groups excluding carboxylic acids is 3. The van der Waals surface area contributed by atoms with Gasteiger partial charge in [-0.2, -0.15) is 0 Å². The van der Waals surface area contributed by atoms with Crippen molar-refractivity contribution >= 4 is 17.7 Å². The number of nitrogens with one attached hydrogen (secondary N) is 1. The smallest absolute Gasteiger partial charge is 0.255 e. The predicted molar refractivity (Wildman–Crippen MR) is 111 cm³/mol. The Morgan fingerprint density at radius 3 is 2.74 bits per heavy atom. The van der Waals surface area contributed by atoms with Crippen molar-refractivity contribution in [2.24, 2.45) is 0 Å². The monoisotopic (exact) mass is 422 g/mol. The zero-order chi connectivity index (χ0) is 21.4. The zero-order valence-electron chi connectivity index (χ0n) is 17.4. The summed E-state index contributed by atoms with van der Waals surface area (Å²) in [5.74, 6) is -0.848. The van der Waals surface area contributed by atoms with Crippen LogP contribution in [0.5, 0.6) is 0 Å². The van der Waals surface area contributed by atoms with E-state index < -0.39 is 11.9 Å². The van der Waals surface area contributed by atoms with Crippen molar-refractivity contribution in [3.8, 4) is 5.69 Å². The molecular weight excluding hydrogens is 396 g/mol. The first-order valence-electron chi connectivity index (χ1n) is 11.0. The highest BCUT2D eigenvalue weighted by Gasteiger charge is 2.39. The summed E-state index contributed by atoms with van der Waals surface area (Å²) < 4.78 is 1.74. The normalized spacial score (nSPS) is 22.0. The van der Waals surface area contributed by atoms with Gasteiger partial charge >= 0.3 is 0 Å². The van der Waals surface area contributed by atoms with Gasteiger partial charge in [0.2, 0.25) is 11.8 Å². The summed E-state index contributed by atoms with van der Waals surface area (Å²) >= 11 is 0. The molecule has 31 heavy (non-hydrogen) atoms. The van der Waals surface area contributed by atoms with E-state index in [9.17, 15) is 14.4 Å². The Morgan fingerprint density at radius 1 is 1.10 bits per heavy atom. The lowest BCUT2D eigenvalue weighted by molar-refractivity contribution is -0.136. The summed E-state index contributed by atoms with van der Waals surface area (Å²) in [7, 11) is 0. The van der Waals surface area contributed by atoms with Gasteiger partial charge < -0.3 is 9.80 Å². The molecule has 9 nitrogen and oxygen atoms in total. The molecule has 0 radical (unpaired) electrons. The maximum absolute atomic E-state index is 12.8. The lowest BCUT2D eigenvalue weighted by Gasteiger charge is -2.29. The molecule has 2 aromatic rings. The van der Waals surface area contributed by atoms with Crippen molar-refractivity contribution < 1.29 is 14.4 Å². The summed E-state index contributed by atoms with van der Waals surface area (Å²) in [6, 6.07) is 4.97. The summed E-state index contributed by atoms with van der Waals surface area (Å²) in [6.07, 6.45) is 7.30.